The van der Waals surface area contributed by atoms with Crippen LogP contribution in [0.2, 0.25) is 0 Å². The maximum absolute atomic E-state index is 12.3. The number of aliphatic hydroxyl groups excluding tert-OH is 1. The summed E-state index contributed by atoms with van der Waals surface area (Å²) in [6.45, 7) is 1.57. The average molecular weight is 333 g/mol. The molecule has 2 aliphatic rings. The van der Waals surface area contributed by atoms with Crippen molar-refractivity contribution in [3.63, 3.8) is 0 Å². The maximum Gasteiger partial charge on any atom is 0.317 e. The normalized spacial score (nSPS) is 21.9. The number of rotatable bonds is 3. The van der Waals surface area contributed by atoms with Gasteiger partial charge in [-0.3, -0.25) is 4.79 Å². The summed E-state index contributed by atoms with van der Waals surface area (Å²) in [4.78, 5) is 27.9. The lowest BCUT2D eigenvalue weighted by molar-refractivity contribution is -0.117. The molecular formula is C17H23N3O4. The molecule has 24 heavy (non-hydrogen) atoms. The number of nitrogens with zero attached hydrogens (tertiary/aromatic N) is 2. The fourth-order valence-corrected chi connectivity index (χ4v) is 3.15. The predicted molar refractivity (Wildman–Crippen MR) is 89.1 cm³/mol. The zero-order valence-corrected chi connectivity index (χ0v) is 13.8. The van der Waals surface area contributed by atoms with E-state index in [0.717, 1.165) is 11.4 Å². The fraction of sp³-hybridized carbons (Fsp3) is 0.529. The first-order valence-corrected chi connectivity index (χ1v) is 8.24. The highest BCUT2D eigenvalue weighted by atomic mass is 16.5. The van der Waals surface area contributed by atoms with E-state index in [0.29, 0.717) is 38.9 Å². The number of anilines is 1. The predicted octanol–water partition coefficient (Wildman–Crippen LogP) is 0.967. The van der Waals surface area contributed by atoms with Gasteiger partial charge in [-0.2, -0.15) is 0 Å². The monoisotopic (exact) mass is 333 g/mol. The van der Waals surface area contributed by atoms with E-state index in [1.165, 1.54) is 0 Å². The van der Waals surface area contributed by atoms with Crippen molar-refractivity contribution in [2.75, 3.05) is 31.6 Å². The van der Waals surface area contributed by atoms with Crippen LogP contribution in [0.15, 0.2) is 24.3 Å². The van der Waals surface area contributed by atoms with Gasteiger partial charge in [-0.1, -0.05) is 0 Å². The Morgan fingerprint density at radius 1 is 1.25 bits per heavy atom. The van der Waals surface area contributed by atoms with E-state index in [1.807, 2.05) is 24.3 Å². The van der Waals surface area contributed by atoms with Crippen molar-refractivity contribution < 1.29 is 19.4 Å². The quantitative estimate of drug-likeness (QED) is 0.863. The van der Waals surface area contributed by atoms with E-state index in [2.05, 4.69) is 5.32 Å². The Bertz CT molecular complexity index is 596. The molecule has 7 heteroatoms. The molecule has 1 atom stereocenters. The number of likely N-dealkylation sites (tertiary alicyclic amines) is 1. The molecule has 0 radical (unpaired) electrons. The van der Waals surface area contributed by atoms with Crippen LogP contribution in [0.3, 0.4) is 0 Å². The van der Waals surface area contributed by atoms with Gasteiger partial charge in [-0.15, -0.1) is 0 Å². The summed E-state index contributed by atoms with van der Waals surface area (Å²) >= 11 is 0. The van der Waals surface area contributed by atoms with Gasteiger partial charge in [-0.05, 0) is 37.1 Å². The van der Waals surface area contributed by atoms with Crippen LogP contribution in [0.5, 0.6) is 5.75 Å². The molecule has 2 aliphatic heterocycles. The van der Waals surface area contributed by atoms with Crippen molar-refractivity contribution in [1.29, 1.82) is 0 Å². The molecule has 3 rings (SSSR count). The highest BCUT2D eigenvalue weighted by Gasteiger charge is 2.33. The second kappa shape index (κ2) is 7.09. The largest absolute Gasteiger partial charge is 0.497 e. The van der Waals surface area contributed by atoms with Crippen LogP contribution in [0, 0.1) is 0 Å². The number of ether oxygens (including phenoxy) is 1. The van der Waals surface area contributed by atoms with Gasteiger partial charge in [-0.25, -0.2) is 4.79 Å². The number of nitrogens with one attached hydrogen (secondary N) is 1. The van der Waals surface area contributed by atoms with Gasteiger partial charge in [0.1, 0.15) is 5.75 Å². The van der Waals surface area contributed by atoms with Gasteiger partial charge in [0.15, 0.2) is 0 Å². The standard InChI is InChI=1S/C17H23N3O4/c1-24-15-4-2-13(3-5-15)20-11-12(10-16(20)22)18-17(23)19-8-6-14(21)7-9-19/h2-5,12,14,21H,6-11H2,1H3,(H,18,23). The minimum absolute atomic E-state index is 0.000432. The minimum atomic E-state index is -0.312. The molecule has 7 nitrogen and oxygen atoms in total. The maximum atomic E-state index is 12.3. The highest BCUT2D eigenvalue weighted by Crippen LogP contribution is 2.24. The summed E-state index contributed by atoms with van der Waals surface area (Å²) in [5.41, 5.74) is 0.804. The van der Waals surface area contributed by atoms with Crippen molar-refractivity contribution in [1.82, 2.24) is 10.2 Å². The summed E-state index contributed by atoms with van der Waals surface area (Å²) < 4.78 is 5.12. The number of amides is 3. The lowest BCUT2D eigenvalue weighted by Gasteiger charge is -2.30. The minimum Gasteiger partial charge on any atom is -0.497 e. The number of carbonyl (C=O) groups is 2. The second-order valence-corrected chi connectivity index (χ2v) is 6.27. The third-order valence-corrected chi connectivity index (χ3v) is 4.59. The number of hydrogen-bond acceptors (Lipinski definition) is 4. The molecule has 130 valence electrons. The zero-order valence-electron chi connectivity index (χ0n) is 13.8. The molecule has 2 heterocycles. The van der Waals surface area contributed by atoms with E-state index in [9.17, 15) is 14.7 Å². The second-order valence-electron chi connectivity index (χ2n) is 6.27. The lowest BCUT2D eigenvalue weighted by atomic mass is 10.1. The van der Waals surface area contributed by atoms with Gasteiger partial charge in [0.2, 0.25) is 5.91 Å². The molecule has 0 aliphatic carbocycles. The zero-order chi connectivity index (χ0) is 17.1. The molecule has 2 fully saturated rings. The lowest BCUT2D eigenvalue weighted by Crippen LogP contribution is -2.49. The third kappa shape index (κ3) is 3.62. The molecule has 0 spiro atoms. The number of hydrogen-bond donors (Lipinski definition) is 2. The number of carbonyl (C=O) groups excluding carboxylic acids is 2. The summed E-state index contributed by atoms with van der Waals surface area (Å²) in [7, 11) is 1.60. The molecule has 2 N–H and O–H groups in total. The van der Waals surface area contributed by atoms with E-state index in [1.54, 1.807) is 16.9 Å². The summed E-state index contributed by atoms with van der Waals surface area (Å²) in [5.74, 6) is 0.738. The number of methoxy groups -OCH3 is 1. The summed E-state index contributed by atoms with van der Waals surface area (Å²) in [6.07, 6.45) is 1.20. The first-order valence-electron chi connectivity index (χ1n) is 8.24. The SMILES string of the molecule is COc1ccc(N2CC(NC(=O)N3CCC(O)CC3)CC2=O)cc1. The van der Waals surface area contributed by atoms with Crippen LogP contribution in [0.25, 0.3) is 0 Å². The van der Waals surface area contributed by atoms with Gasteiger partial charge in [0.05, 0.1) is 19.3 Å². The fourth-order valence-electron chi connectivity index (χ4n) is 3.15. The van der Waals surface area contributed by atoms with Crippen molar-refractivity contribution in [2.45, 2.75) is 31.4 Å². The Morgan fingerprint density at radius 3 is 2.54 bits per heavy atom. The Morgan fingerprint density at radius 2 is 1.92 bits per heavy atom. The summed E-state index contributed by atoms with van der Waals surface area (Å²) in [5, 5.41) is 12.4. The molecule has 0 saturated carbocycles. The molecule has 3 amide bonds. The molecule has 2 saturated heterocycles. The average Bonchev–Trinajstić information content (AvgIpc) is 2.95. The number of piperidine rings is 1. The van der Waals surface area contributed by atoms with Crippen LogP contribution in [0.1, 0.15) is 19.3 Å². The molecule has 1 aromatic rings. The van der Waals surface area contributed by atoms with Crippen molar-refractivity contribution in [3.05, 3.63) is 24.3 Å². The Hall–Kier alpha value is -2.28. The Balaban J connectivity index is 1.57. The van der Waals surface area contributed by atoms with E-state index < -0.39 is 0 Å². The van der Waals surface area contributed by atoms with Crippen LogP contribution in [-0.4, -0.2) is 60.8 Å². The topological polar surface area (TPSA) is 82.1 Å². The first kappa shape index (κ1) is 16.6. The number of urea groups is 1. The van der Waals surface area contributed by atoms with Crippen LogP contribution in [-0.2, 0) is 4.79 Å². The molecular weight excluding hydrogens is 310 g/mol. The highest BCUT2D eigenvalue weighted by molar-refractivity contribution is 5.96. The van der Waals surface area contributed by atoms with Crippen molar-refractivity contribution in [3.8, 4) is 5.75 Å². The molecule has 0 aromatic heterocycles. The van der Waals surface area contributed by atoms with Gasteiger partial charge >= 0.3 is 6.03 Å². The smallest absolute Gasteiger partial charge is 0.317 e. The summed E-state index contributed by atoms with van der Waals surface area (Å²) in [6, 6.07) is 6.95. The number of aliphatic hydroxyl groups is 1. The Labute approximate surface area is 141 Å². The number of benzene rings is 1. The molecule has 0 bridgehead atoms. The van der Waals surface area contributed by atoms with Crippen LogP contribution in [0.4, 0.5) is 10.5 Å². The van der Waals surface area contributed by atoms with Gasteiger partial charge < -0.3 is 25.0 Å². The third-order valence-electron chi connectivity index (χ3n) is 4.59. The van der Waals surface area contributed by atoms with Crippen LogP contribution < -0.4 is 15.0 Å². The van der Waals surface area contributed by atoms with E-state index >= 15 is 0 Å². The van der Waals surface area contributed by atoms with Crippen LogP contribution >= 0.6 is 0 Å². The van der Waals surface area contributed by atoms with Gasteiger partial charge in [0, 0.05) is 31.7 Å². The van der Waals surface area contributed by atoms with Gasteiger partial charge in [0.25, 0.3) is 0 Å². The van der Waals surface area contributed by atoms with Crippen molar-refractivity contribution in [2.24, 2.45) is 0 Å². The van der Waals surface area contributed by atoms with E-state index in [4.69, 9.17) is 4.74 Å². The van der Waals surface area contributed by atoms with E-state index in [-0.39, 0.29) is 24.1 Å². The Kier molecular flexibility index (Phi) is 4.89. The van der Waals surface area contributed by atoms with Crippen molar-refractivity contribution >= 4 is 17.6 Å². The molecule has 1 unspecified atom stereocenters. The molecule has 1 aromatic carbocycles. The first-order chi connectivity index (χ1) is 11.6.